The molecule has 186 valence electrons. The molecule has 2 heterocycles. The van der Waals surface area contributed by atoms with Crippen LogP contribution in [0.2, 0.25) is 10.0 Å². The largest absolute Gasteiger partial charge is 0.295 e. The Bertz CT molecular complexity index is 1470. The third-order valence-electron chi connectivity index (χ3n) is 6.21. The molecule has 1 atom stereocenters. The molecule has 0 radical (unpaired) electrons. The molecule has 0 saturated carbocycles. The van der Waals surface area contributed by atoms with Gasteiger partial charge in [0.2, 0.25) is 10.0 Å². The van der Waals surface area contributed by atoms with Crippen molar-refractivity contribution in [1.82, 2.24) is 18.8 Å². The number of aromatic nitrogens is 2. The summed E-state index contributed by atoms with van der Waals surface area (Å²) in [4.78, 5) is 30.1. The Morgan fingerprint density at radius 1 is 1.11 bits per heavy atom. The topological polar surface area (TPSA) is 119 Å². The van der Waals surface area contributed by atoms with Gasteiger partial charge >= 0.3 is 0 Å². The molecule has 0 bridgehead atoms. The Balaban J connectivity index is 1.57. The van der Waals surface area contributed by atoms with Crippen LogP contribution in [0.25, 0.3) is 10.9 Å². The average Bonchev–Trinajstić information content (AvgIpc) is 2.84. The van der Waals surface area contributed by atoms with Gasteiger partial charge in [-0.1, -0.05) is 23.2 Å². The first-order chi connectivity index (χ1) is 16.5. The van der Waals surface area contributed by atoms with Crippen molar-refractivity contribution in [1.29, 1.82) is 0 Å². The normalized spacial score (nSPS) is 16.5. The van der Waals surface area contributed by atoms with Crippen molar-refractivity contribution in [2.75, 3.05) is 26.2 Å². The Morgan fingerprint density at radius 3 is 2.43 bits per heavy atom. The van der Waals surface area contributed by atoms with Crippen LogP contribution in [0.15, 0.2) is 46.1 Å². The second-order valence-electron chi connectivity index (χ2n) is 8.17. The molecule has 4 rings (SSSR count). The monoisotopic (exact) mass is 539 g/mol. The summed E-state index contributed by atoms with van der Waals surface area (Å²) in [6, 6.07) is 8.23. The van der Waals surface area contributed by atoms with Crippen LogP contribution in [0, 0.1) is 10.1 Å². The van der Waals surface area contributed by atoms with Gasteiger partial charge in [-0.2, -0.15) is 4.31 Å². The zero-order valence-electron chi connectivity index (χ0n) is 19.0. The SMILES string of the molecule is CCn1c(C(C)N2CCN(S(=O)(=O)c3ccc(Cl)c([N+](=O)[O-])c3)CC2)nc2ccc(Cl)cc2c1=O. The van der Waals surface area contributed by atoms with Crippen LogP contribution in [0.5, 0.6) is 0 Å². The molecule has 0 amide bonds. The fraction of sp³-hybridized carbons (Fsp3) is 0.364. The average molecular weight is 540 g/mol. The molecule has 10 nitrogen and oxygen atoms in total. The summed E-state index contributed by atoms with van der Waals surface area (Å²) >= 11 is 11.9. The minimum absolute atomic E-state index is 0.125. The minimum atomic E-state index is -3.94. The van der Waals surface area contributed by atoms with Gasteiger partial charge in [0.15, 0.2) is 0 Å². The quantitative estimate of drug-likeness (QED) is 0.346. The summed E-state index contributed by atoms with van der Waals surface area (Å²) < 4.78 is 29.1. The maximum atomic E-state index is 13.1. The highest BCUT2D eigenvalue weighted by atomic mass is 35.5. The van der Waals surface area contributed by atoms with Crippen molar-refractivity contribution in [3.63, 3.8) is 0 Å². The van der Waals surface area contributed by atoms with E-state index in [9.17, 15) is 23.3 Å². The first-order valence-electron chi connectivity index (χ1n) is 10.9. The van der Waals surface area contributed by atoms with Crippen LogP contribution >= 0.6 is 23.2 Å². The third-order valence-corrected chi connectivity index (χ3v) is 8.66. The lowest BCUT2D eigenvalue weighted by molar-refractivity contribution is -0.384. The van der Waals surface area contributed by atoms with Gasteiger partial charge in [-0.25, -0.2) is 13.4 Å². The third kappa shape index (κ3) is 4.78. The standard InChI is InChI=1S/C22H23Cl2N5O5S/c1-3-28-21(25-19-7-4-15(23)12-17(19)22(28)30)14(2)26-8-10-27(11-9-26)35(33,34)16-5-6-18(24)20(13-16)29(31)32/h4-7,12-14H,3,8-11H2,1-2H3. The lowest BCUT2D eigenvalue weighted by Crippen LogP contribution is -2.49. The van der Waals surface area contributed by atoms with E-state index in [-0.39, 0.29) is 34.6 Å². The number of hydrogen-bond donors (Lipinski definition) is 0. The van der Waals surface area contributed by atoms with Crippen LogP contribution in [-0.4, -0.2) is 58.3 Å². The Hall–Kier alpha value is -2.57. The molecule has 1 saturated heterocycles. The van der Waals surface area contributed by atoms with E-state index in [1.54, 1.807) is 22.8 Å². The molecule has 2 aromatic carbocycles. The summed E-state index contributed by atoms with van der Waals surface area (Å²) in [5.41, 5.74) is -0.0786. The number of benzene rings is 2. The molecule has 0 aliphatic carbocycles. The van der Waals surface area contributed by atoms with E-state index >= 15 is 0 Å². The number of piperazine rings is 1. The van der Waals surface area contributed by atoms with Crippen molar-refractivity contribution in [2.24, 2.45) is 0 Å². The first kappa shape index (κ1) is 25.5. The highest BCUT2D eigenvalue weighted by molar-refractivity contribution is 7.89. The number of rotatable bonds is 6. The summed E-state index contributed by atoms with van der Waals surface area (Å²) in [7, 11) is -3.94. The van der Waals surface area contributed by atoms with E-state index < -0.39 is 20.6 Å². The van der Waals surface area contributed by atoms with Crippen molar-refractivity contribution < 1.29 is 13.3 Å². The number of hydrogen-bond acceptors (Lipinski definition) is 7. The van der Waals surface area contributed by atoms with Gasteiger partial charge in [0.05, 0.1) is 26.8 Å². The number of nitro groups is 1. The van der Waals surface area contributed by atoms with E-state index in [1.807, 2.05) is 13.8 Å². The first-order valence-corrected chi connectivity index (χ1v) is 13.1. The van der Waals surface area contributed by atoms with E-state index in [0.717, 1.165) is 6.07 Å². The maximum absolute atomic E-state index is 13.1. The molecule has 1 aliphatic rings. The zero-order valence-corrected chi connectivity index (χ0v) is 21.3. The fourth-order valence-electron chi connectivity index (χ4n) is 4.27. The second-order valence-corrected chi connectivity index (χ2v) is 10.9. The molecule has 35 heavy (non-hydrogen) atoms. The van der Waals surface area contributed by atoms with Crippen molar-refractivity contribution in [3.05, 3.63) is 72.7 Å². The predicted molar refractivity (Wildman–Crippen MR) is 134 cm³/mol. The Labute approximate surface area is 211 Å². The lowest BCUT2D eigenvalue weighted by atomic mass is 10.2. The Morgan fingerprint density at radius 2 is 1.80 bits per heavy atom. The van der Waals surface area contributed by atoms with E-state index in [4.69, 9.17) is 28.2 Å². The summed E-state index contributed by atoms with van der Waals surface area (Å²) in [6.07, 6.45) is 0. The van der Waals surface area contributed by atoms with Gasteiger partial charge in [-0.3, -0.25) is 24.4 Å². The smallest absolute Gasteiger partial charge is 0.289 e. The van der Waals surface area contributed by atoms with Gasteiger partial charge in [-0.15, -0.1) is 0 Å². The molecular formula is C22H23Cl2N5O5S. The molecule has 0 N–H and O–H groups in total. The van der Waals surface area contributed by atoms with Crippen molar-refractivity contribution >= 4 is 49.8 Å². The van der Waals surface area contributed by atoms with Gasteiger partial charge < -0.3 is 0 Å². The number of fused-ring (bicyclic) bond motifs is 1. The molecule has 1 unspecified atom stereocenters. The van der Waals surface area contributed by atoms with Gasteiger partial charge in [0.1, 0.15) is 10.8 Å². The van der Waals surface area contributed by atoms with Crippen LogP contribution in [0.1, 0.15) is 25.7 Å². The van der Waals surface area contributed by atoms with E-state index in [2.05, 4.69) is 4.90 Å². The van der Waals surface area contributed by atoms with Crippen LogP contribution in [0.4, 0.5) is 5.69 Å². The van der Waals surface area contributed by atoms with Crippen molar-refractivity contribution in [3.8, 4) is 0 Å². The maximum Gasteiger partial charge on any atom is 0.289 e. The molecular weight excluding hydrogens is 517 g/mol. The highest BCUT2D eigenvalue weighted by Crippen LogP contribution is 2.30. The number of halogens is 2. The summed E-state index contributed by atoms with van der Waals surface area (Å²) in [6.45, 7) is 5.39. The second kappa shape index (κ2) is 9.82. The molecule has 0 spiro atoms. The molecule has 13 heteroatoms. The molecule has 3 aromatic rings. The van der Waals surface area contributed by atoms with Gasteiger partial charge in [-0.05, 0) is 44.2 Å². The summed E-state index contributed by atoms with van der Waals surface area (Å²) in [5.74, 6) is 0.594. The van der Waals surface area contributed by atoms with Crippen molar-refractivity contribution in [2.45, 2.75) is 31.3 Å². The minimum Gasteiger partial charge on any atom is -0.295 e. The molecule has 1 fully saturated rings. The predicted octanol–water partition coefficient (Wildman–Crippen LogP) is 3.70. The number of nitro benzene ring substituents is 1. The molecule has 1 aromatic heterocycles. The number of nitrogens with zero attached hydrogens (tertiary/aromatic N) is 5. The molecule has 1 aliphatic heterocycles. The summed E-state index contributed by atoms with van der Waals surface area (Å²) in [5, 5.41) is 12.0. The van der Waals surface area contributed by atoms with Crippen LogP contribution in [0.3, 0.4) is 0 Å². The number of sulfonamides is 1. The highest BCUT2D eigenvalue weighted by Gasteiger charge is 2.33. The lowest BCUT2D eigenvalue weighted by Gasteiger charge is -2.37. The Kier molecular flexibility index (Phi) is 7.16. The van der Waals surface area contributed by atoms with Gasteiger partial charge in [0.25, 0.3) is 11.2 Å². The van der Waals surface area contributed by atoms with Gasteiger partial charge in [0, 0.05) is 43.8 Å². The fourth-order valence-corrected chi connectivity index (χ4v) is 6.07. The van der Waals surface area contributed by atoms with E-state index in [0.29, 0.717) is 41.4 Å². The van der Waals surface area contributed by atoms with Crippen LogP contribution < -0.4 is 5.56 Å². The van der Waals surface area contributed by atoms with Crippen LogP contribution in [-0.2, 0) is 16.6 Å². The van der Waals surface area contributed by atoms with E-state index in [1.165, 1.54) is 16.4 Å². The zero-order chi connectivity index (χ0) is 25.5.